The highest BCUT2D eigenvalue weighted by Crippen LogP contribution is 2.35. The number of hydrogen-bond acceptors (Lipinski definition) is 4. The molecule has 4 rings (SSSR count). The molecule has 1 aliphatic carbocycles. The van der Waals surface area contributed by atoms with E-state index in [1.165, 1.54) is 70.9 Å². The average molecular weight is 520 g/mol. The summed E-state index contributed by atoms with van der Waals surface area (Å²) >= 11 is 0. The van der Waals surface area contributed by atoms with Gasteiger partial charge in [0, 0.05) is 51.4 Å². The third-order valence-electron chi connectivity index (χ3n) is 7.62. The van der Waals surface area contributed by atoms with Gasteiger partial charge in [-0.15, -0.1) is 24.0 Å². The van der Waals surface area contributed by atoms with Gasteiger partial charge in [0.1, 0.15) is 0 Å². The summed E-state index contributed by atoms with van der Waals surface area (Å²) in [5, 5.41) is 3.83. The van der Waals surface area contributed by atoms with Gasteiger partial charge in [0.25, 0.3) is 0 Å². The normalized spacial score (nSPS) is 29.5. The van der Waals surface area contributed by atoms with E-state index in [2.05, 4.69) is 25.0 Å². The predicted molar refractivity (Wildman–Crippen MR) is 130 cm³/mol. The molecule has 1 unspecified atom stereocenters. The number of nitrogens with one attached hydrogen (secondary N) is 1. The SMILES string of the molecule is CN=C(NCC1(N2CCCCC2)CCCCC1)N1CCC(N2CCOCC2)C1.I. The molecule has 4 fully saturated rings. The first-order chi connectivity index (χ1) is 13.8. The Morgan fingerprint density at radius 3 is 2.34 bits per heavy atom. The second-order valence-corrected chi connectivity index (χ2v) is 9.27. The number of piperidine rings is 1. The number of aliphatic imine (C=N–C) groups is 1. The van der Waals surface area contributed by atoms with Gasteiger partial charge in [-0.1, -0.05) is 25.7 Å². The van der Waals surface area contributed by atoms with Crippen LogP contribution in [0.2, 0.25) is 0 Å². The van der Waals surface area contributed by atoms with Crippen LogP contribution in [0.15, 0.2) is 4.99 Å². The first kappa shape index (κ1) is 23.5. The topological polar surface area (TPSA) is 43.3 Å². The van der Waals surface area contributed by atoms with Crippen molar-refractivity contribution < 1.29 is 4.74 Å². The van der Waals surface area contributed by atoms with Crippen molar-refractivity contribution in [3.8, 4) is 0 Å². The maximum atomic E-state index is 5.53. The molecule has 0 aromatic rings. The predicted octanol–water partition coefficient (Wildman–Crippen LogP) is 2.78. The Morgan fingerprint density at radius 2 is 1.66 bits per heavy atom. The van der Waals surface area contributed by atoms with Crippen molar-refractivity contribution in [3.05, 3.63) is 0 Å². The molecular formula is C22H42IN5O. The molecule has 6 nitrogen and oxygen atoms in total. The number of guanidine groups is 1. The Morgan fingerprint density at radius 1 is 0.966 bits per heavy atom. The number of halogens is 1. The fraction of sp³-hybridized carbons (Fsp3) is 0.955. The summed E-state index contributed by atoms with van der Waals surface area (Å²) in [5.74, 6) is 1.12. The molecule has 1 N–H and O–H groups in total. The van der Waals surface area contributed by atoms with Crippen LogP contribution in [-0.2, 0) is 4.74 Å². The second kappa shape index (κ2) is 11.5. The van der Waals surface area contributed by atoms with Crippen LogP contribution in [0, 0.1) is 0 Å². The van der Waals surface area contributed by atoms with Crippen LogP contribution in [-0.4, -0.2) is 98.3 Å². The number of hydrogen-bond donors (Lipinski definition) is 1. The maximum Gasteiger partial charge on any atom is 0.193 e. The molecular weight excluding hydrogens is 477 g/mol. The summed E-state index contributed by atoms with van der Waals surface area (Å²) in [7, 11) is 1.96. The Labute approximate surface area is 194 Å². The number of likely N-dealkylation sites (tertiary alicyclic amines) is 2. The molecule has 0 aromatic carbocycles. The van der Waals surface area contributed by atoms with E-state index >= 15 is 0 Å². The zero-order chi connectivity index (χ0) is 19.2. The molecule has 1 atom stereocenters. The van der Waals surface area contributed by atoms with Gasteiger partial charge >= 0.3 is 0 Å². The first-order valence-electron chi connectivity index (χ1n) is 11.8. The summed E-state index contributed by atoms with van der Waals surface area (Å²) in [6.07, 6.45) is 12.3. The van der Waals surface area contributed by atoms with Crippen LogP contribution in [0.5, 0.6) is 0 Å². The minimum Gasteiger partial charge on any atom is -0.379 e. The van der Waals surface area contributed by atoms with Crippen molar-refractivity contribution in [2.75, 3.05) is 66.1 Å². The molecule has 3 aliphatic heterocycles. The van der Waals surface area contributed by atoms with E-state index in [1.54, 1.807) is 0 Å². The van der Waals surface area contributed by atoms with Crippen LogP contribution < -0.4 is 5.32 Å². The van der Waals surface area contributed by atoms with E-state index in [1.807, 2.05) is 7.05 Å². The monoisotopic (exact) mass is 519 g/mol. The van der Waals surface area contributed by atoms with Crippen LogP contribution in [0.25, 0.3) is 0 Å². The summed E-state index contributed by atoms with van der Waals surface area (Å²) < 4.78 is 5.53. The van der Waals surface area contributed by atoms with Gasteiger partial charge in [-0.2, -0.15) is 0 Å². The molecule has 168 valence electrons. The molecule has 0 aromatic heterocycles. The Bertz CT molecular complexity index is 513. The first-order valence-corrected chi connectivity index (χ1v) is 11.8. The lowest BCUT2D eigenvalue weighted by Gasteiger charge is -2.48. The molecule has 3 heterocycles. The third kappa shape index (κ3) is 5.77. The van der Waals surface area contributed by atoms with Crippen LogP contribution in [0.4, 0.5) is 0 Å². The lowest BCUT2D eigenvalue weighted by Crippen LogP contribution is -2.59. The average Bonchev–Trinajstić information content (AvgIpc) is 3.26. The fourth-order valence-corrected chi connectivity index (χ4v) is 5.93. The number of morpholine rings is 1. The highest BCUT2D eigenvalue weighted by Gasteiger charge is 2.39. The summed E-state index contributed by atoms with van der Waals surface area (Å²) in [6.45, 7) is 9.84. The van der Waals surface area contributed by atoms with Crippen LogP contribution in [0.1, 0.15) is 57.8 Å². The van der Waals surface area contributed by atoms with Gasteiger partial charge in [-0.05, 0) is 45.2 Å². The smallest absolute Gasteiger partial charge is 0.193 e. The van der Waals surface area contributed by atoms with Crippen LogP contribution in [0.3, 0.4) is 0 Å². The van der Waals surface area contributed by atoms with E-state index in [0.717, 1.165) is 51.9 Å². The van der Waals surface area contributed by atoms with Gasteiger partial charge in [-0.25, -0.2) is 0 Å². The van der Waals surface area contributed by atoms with Crippen molar-refractivity contribution in [1.82, 2.24) is 20.0 Å². The zero-order valence-corrected chi connectivity index (χ0v) is 20.7. The Kier molecular flexibility index (Phi) is 9.32. The standard InChI is InChI=1S/C22H41N5O.HI/c1-23-21(26-13-8-20(18-26)25-14-16-28-17-15-25)24-19-22(9-4-2-5-10-22)27-11-6-3-7-12-27;/h20H,2-19H2,1H3,(H,23,24);1H. The summed E-state index contributed by atoms with van der Waals surface area (Å²) in [6, 6.07) is 0.660. The molecule has 0 spiro atoms. The summed E-state index contributed by atoms with van der Waals surface area (Å²) in [5.41, 5.74) is 0.359. The lowest BCUT2D eigenvalue weighted by molar-refractivity contribution is 0.0193. The molecule has 4 aliphatic rings. The number of rotatable bonds is 4. The highest BCUT2D eigenvalue weighted by molar-refractivity contribution is 14.0. The molecule has 1 saturated carbocycles. The van der Waals surface area contributed by atoms with Gasteiger partial charge in [-0.3, -0.25) is 14.8 Å². The van der Waals surface area contributed by atoms with Crippen molar-refractivity contribution in [2.45, 2.75) is 69.4 Å². The number of ether oxygens (including phenoxy) is 1. The van der Waals surface area contributed by atoms with Gasteiger partial charge < -0.3 is 15.0 Å². The van der Waals surface area contributed by atoms with Crippen molar-refractivity contribution >= 4 is 29.9 Å². The highest BCUT2D eigenvalue weighted by atomic mass is 127. The van der Waals surface area contributed by atoms with E-state index in [4.69, 9.17) is 4.74 Å². The van der Waals surface area contributed by atoms with Crippen molar-refractivity contribution in [2.24, 2.45) is 4.99 Å². The Hall–Kier alpha value is -0.120. The number of nitrogens with zero attached hydrogens (tertiary/aromatic N) is 4. The van der Waals surface area contributed by atoms with E-state index in [0.29, 0.717) is 11.6 Å². The van der Waals surface area contributed by atoms with E-state index < -0.39 is 0 Å². The Balaban J connectivity index is 0.00000240. The van der Waals surface area contributed by atoms with E-state index in [-0.39, 0.29) is 24.0 Å². The zero-order valence-electron chi connectivity index (χ0n) is 18.4. The van der Waals surface area contributed by atoms with E-state index in [9.17, 15) is 0 Å². The van der Waals surface area contributed by atoms with Gasteiger partial charge in [0.15, 0.2) is 5.96 Å². The molecule has 3 saturated heterocycles. The fourth-order valence-electron chi connectivity index (χ4n) is 5.93. The molecule has 7 heteroatoms. The minimum atomic E-state index is 0. The molecule has 0 radical (unpaired) electrons. The van der Waals surface area contributed by atoms with Crippen molar-refractivity contribution in [1.29, 1.82) is 0 Å². The molecule has 0 bridgehead atoms. The largest absolute Gasteiger partial charge is 0.379 e. The second-order valence-electron chi connectivity index (χ2n) is 9.27. The minimum absolute atomic E-state index is 0. The van der Waals surface area contributed by atoms with Crippen LogP contribution >= 0.6 is 24.0 Å². The molecule has 0 amide bonds. The third-order valence-corrected chi connectivity index (χ3v) is 7.62. The van der Waals surface area contributed by atoms with Gasteiger partial charge in [0.2, 0.25) is 0 Å². The molecule has 29 heavy (non-hydrogen) atoms. The van der Waals surface area contributed by atoms with Crippen molar-refractivity contribution in [3.63, 3.8) is 0 Å². The maximum absolute atomic E-state index is 5.53. The lowest BCUT2D eigenvalue weighted by atomic mass is 9.79. The quantitative estimate of drug-likeness (QED) is 0.352. The summed E-state index contributed by atoms with van der Waals surface area (Å²) in [4.78, 5) is 12.6. The van der Waals surface area contributed by atoms with Gasteiger partial charge in [0.05, 0.1) is 13.2 Å².